The van der Waals surface area contributed by atoms with Gasteiger partial charge in [-0.05, 0) is 18.4 Å². The summed E-state index contributed by atoms with van der Waals surface area (Å²) in [5.41, 5.74) is 1.23. The minimum absolute atomic E-state index is 0.194. The van der Waals surface area contributed by atoms with Crippen molar-refractivity contribution in [1.82, 2.24) is 0 Å². The molecular weight excluding hydrogens is 172 g/mol. The van der Waals surface area contributed by atoms with Crippen molar-refractivity contribution in [2.45, 2.75) is 26.9 Å². The molecule has 14 heavy (non-hydrogen) atoms. The van der Waals surface area contributed by atoms with E-state index in [9.17, 15) is 0 Å². The van der Waals surface area contributed by atoms with Gasteiger partial charge in [-0.25, -0.2) is 0 Å². The van der Waals surface area contributed by atoms with Crippen LogP contribution in [0, 0.1) is 12.3 Å². The van der Waals surface area contributed by atoms with Crippen molar-refractivity contribution in [3.8, 4) is 0 Å². The van der Waals surface area contributed by atoms with Crippen LogP contribution in [0.25, 0.3) is 0 Å². The van der Waals surface area contributed by atoms with Gasteiger partial charge in [0, 0.05) is 13.0 Å². The molecule has 0 aliphatic rings. The Balaban J connectivity index is 2.30. The van der Waals surface area contributed by atoms with Crippen molar-refractivity contribution < 1.29 is 4.74 Å². The van der Waals surface area contributed by atoms with Crippen molar-refractivity contribution in [2.24, 2.45) is 5.92 Å². The van der Waals surface area contributed by atoms with Crippen LogP contribution in [0.5, 0.6) is 0 Å². The molecule has 0 saturated heterocycles. The molecule has 0 bridgehead atoms. The molecule has 0 saturated carbocycles. The van der Waals surface area contributed by atoms with E-state index in [0.717, 1.165) is 6.61 Å². The Labute approximate surface area is 87.1 Å². The SMILES string of the molecule is CC(C)COC(C)[CH]c1ccccc1. The molecule has 1 radical (unpaired) electrons. The lowest BCUT2D eigenvalue weighted by Gasteiger charge is -2.14. The molecule has 0 spiro atoms. The Hall–Kier alpha value is -0.820. The van der Waals surface area contributed by atoms with Crippen LogP contribution in [0.3, 0.4) is 0 Å². The second kappa shape index (κ2) is 5.82. The van der Waals surface area contributed by atoms with Crippen LogP contribution >= 0.6 is 0 Å². The van der Waals surface area contributed by atoms with E-state index in [1.54, 1.807) is 0 Å². The van der Waals surface area contributed by atoms with Gasteiger partial charge in [0.05, 0.1) is 6.10 Å². The second-order valence-electron chi connectivity index (χ2n) is 4.01. The first-order valence-electron chi connectivity index (χ1n) is 5.20. The summed E-state index contributed by atoms with van der Waals surface area (Å²) in [6, 6.07) is 10.3. The third kappa shape index (κ3) is 4.43. The molecule has 1 heteroatoms. The number of benzene rings is 1. The number of hydrogen-bond donors (Lipinski definition) is 0. The van der Waals surface area contributed by atoms with Crippen molar-refractivity contribution in [1.29, 1.82) is 0 Å². The Morgan fingerprint density at radius 3 is 2.36 bits per heavy atom. The molecule has 1 unspecified atom stereocenters. The molecule has 0 heterocycles. The topological polar surface area (TPSA) is 9.23 Å². The zero-order valence-corrected chi connectivity index (χ0v) is 9.23. The predicted molar refractivity (Wildman–Crippen MR) is 60.1 cm³/mol. The van der Waals surface area contributed by atoms with Gasteiger partial charge in [0.2, 0.25) is 0 Å². The molecule has 1 nitrogen and oxygen atoms in total. The summed E-state index contributed by atoms with van der Waals surface area (Å²) in [5, 5.41) is 0. The maximum Gasteiger partial charge on any atom is 0.0622 e. The first-order chi connectivity index (χ1) is 6.68. The van der Waals surface area contributed by atoms with Crippen LogP contribution in [0.15, 0.2) is 30.3 Å². The number of rotatable bonds is 5. The highest BCUT2D eigenvalue weighted by atomic mass is 16.5. The maximum absolute atomic E-state index is 5.65. The maximum atomic E-state index is 5.65. The first-order valence-corrected chi connectivity index (χ1v) is 5.20. The van der Waals surface area contributed by atoms with Gasteiger partial charge in [-0.2, -0.15) is 0 Å². The molecule has 0 aliphatic carbocycles. The highest BCUT2D eigenvalue weighted by molar-refractivity contribution is 5.23. The van der Waals surface area contributed by atoms with Gasteiger partial charge >= 0.3 is 0 Å². The average Bonchev–Trinajstić information content (AvgIpc) is 2.16. The molecule has 77 valence electrons. The largest absolute Gasteiger partial charge is 0.378 e. The highest BCUT2D eigenvalue weighted by Crippen LogP contribution is 2.08. The minimum atomic E-state index is 0.194. The third-order valence-electron chi connectivity index (χ3n) is 1.92. The van der Waals surface area contributed by atoms with E-state index in [1.165, 1.54) is 5.56 Å². The van der Waals surface area contributed by atoms with Gasteiger partial charge in [0.25, 0.3) is 0 Å². The van der Waals surface area contributed by atoms with Crippen LogP contribution in [0.1, 0.15) is 26.3 Å². The third-order valence-corrected chi connectivity index (χ3v) is 1.92. The molecule has 0 fully saturated rings. The zero-order valence-electron chi connectivity index (χ0n) is 9.23. The Bertz CT molecular complexity index is 241. The van der Waals surface area contributed by atoms with Crippen LogP contribution < -0.4 is 0 Å². The van der Waals surface area contributed by atoms with Crippen LogP contribution in [0.2, 0.25) is 0 Å². The highest BCUT2D eigenvalue weighted by Gasteiger charge is 2.04. The van der Waals surface area contributed by atoms with Gasteiger partial charge in [-0.15, -0.1) is 0 Å². The minimum Gasteiger partial charge on any atom is -0.378 e. The lowest BCUT2D eigenvalue weighted by Crippen LogP contribution is -2.13. The summed E-state index contributed by atoms with van der Waals surface area (Å²) in [6.45, 7) is 7.23. The van der Waals surface area contributed by atoms with Gasteiger partial charge in [-0.1, -0.05) is 44.2 Å². The van der Waals surface area contributed by atoms with E-state index in [0.29, 0.717) is 5.92 Å². The van der Waals surface area contributed by atoms with Crippen LogP contribution in [0.4, 0.5) is 0 Å². The summed E-state index contributed by atoms with van der Waals surface area (Å²) < 4.78 is 5.65. The summed E-state index contributed by atoms with van der Waals surface area (Å²) in [5.74, 6) is 0.599. The number of ether oxygens (including phenoxy) is 1. The molecule has 1 aromatic carbocycles. The van der Waals surface area contributed by atoms with Gasteiger partial charge in [0.1, 0.15) is 0 Å². The van der Waals surface area contributed by atoms with Crippen molar-refractivity contribution >= 4 is 0 Å². The monoisotopic (exact) mass is 191 g/mol. The smallest absolute Gasteiger partial charge is 0.0622 e. The summed E-state index contributed by atoms with van der Waals surface area (Å²) >= 11 is 0. The van der Waals surface area contributed by atoms with E-state index in [1.807, 2.05) is 18.2 Å². The zero-order chi connectivity index (χ0) is 10.4. The Morgan fingerprint density at radius 1 is 1.14 bits per heavy atom. The predicted octanol–water partition coefficient (Wildman–Crippen LogP) is 3.30. The molecule has 1 rings (SSSR count). The lowest BCUT2D eigenvalue weighted by molar-refractivity contribution is 0.0688. The van der Waals surface area contributed by atoms with E-state index < -0.39 is 0 Å². The van der Waals surface area contributed by atoms with E-state index in [4.69, 9.17) is 4.74 Å². The van der Waals surface area contributed by atoms with Crippen molar-refractivity contribution in [3.63, 3.8) is 0 Å². The lowest BCUT2D eigenvalue weighted by atomic mass is 10.1. The fourth-order valence-corrected chi connectivity index (χ4v) is 1.23. The van der Waals surface area contributed by atoms with E-state index in [2.05, 4.69) is 39.3 Å². The summed E-state index contributed by atoms with van der Waals surface area (Å²) in [4.78, 5) is 0. The standard InChI is InChI=1S/C13H19O/c1-11(2)10-14-12(3)9-13-7-5-4-6-8-13/h4-9,11-12H,10H2,1-3H3. The average molecular weight is 191 g/mol. The molecule has 1 atom stereocenters. The molecular formula is C13H19O. The quantitative estimate of drug-likeness (QED) is 0.694. The summed E-state index contributed by atoms with van der Waals surface area (Å²) in [7, 11) is 0. The van der Waals surface area contributed by atoms with Crippen molar-refractivity contribution in [3.05, 3.63) is 42.3 Å². The fourth-order valence-electron chi connectivity index (χ4n) is 1.23. The molecule has 0 N–H and O–H groups in total. The van der Waals surface area contributed by atoms with Crippen molar-refractivity contribution in [2.75, 3.05) is 6.61 Å². The second-order valence-corrected chi connectivity index (χ2v) is 4.01. The Kier molecular flexibility index (Phi) is 4.68. The summed E-state index contributed by atoms with van der Waals surface area (Å²) in [6.07, 6.45) is 2.34. The van der Waals surface area contributed by atoms with Gasteiger partial charge < -0.3 is 4.74 Å². The van der Waals surface area contributed by atoms with Gasteiger partial charge in [0.15, 0.2) is 0 Å². The van der Waals surface area contributed by atoms with Gasteiger partial charge in [-0.3, -0.25) is 0 Å². The van der Waals surface area contributed by atoms with Crippen LogP contribution in [-0.4, -0.2) is 12.7 Å². The van der Waals surface area contributed by atoms with Crippen LogP contribution in [-0.2, 0) is 4.74 Å². The molecule has 1 aromatic rings. The normalized spacial score (nSPS) is 13.1. The fraction of sp³-hybridized carbons (Fsp3) is 0.462. The molecule has 0 aliphatic heterocycles. The molecule has 0 aromatic heterocycles. The first kappa shape index (κ1) is 11.3. The Morgan fingerprint density at radius 2 is 1.79 bits per heavy atom. The van der Waals surface area contributed by atoms with E-state index >= 15 is 0 Å². The number of hydrogen-bond acceptors (Lipinski definition) is 1. The van der Waals surface area contributed by atoms with E-state index in [-0.39, 0.29) is 6.10 Å². The molecule has 0 amide bonds.